The molecule has 0 fully saturated rings. The van der Waals surface area contributed by atoms with Gasteiger partial charge in [-0.2, -0.15) is 0 Å². The first-order valence-corrected chi connectivity index (χ1v) is 7.64. The Bertz CT molecular complexity index is 608. The molecular formula is C17H19Cl2NO. The van der Waals surface area contributed by atoms with Crippen molar-refractivity contribution in [2.45, 2.75) is 19.9 Å². The summed E-state index contributed by atoms with van der Waals surface area (Å²) in [5, 5.41) is 4.89. The van der Waals surface area contributed by atoms with Gasteiger partial charge in [0, 0.05) is 15.6 Å². The Morgan fingerprint density at radius 2 is 1.86 bits per heavy atom. The molecule has 1 atom stereocenters. The second-order valence-electron chi connectivity index (χ2n) is 4.94. The van der Waals surface area contributed by atoms with E-state index in [0.29, 0.717) is 5.02 Å². The molecule has 0 aliphatic rings. The zero-order valence-corrected chi connectivity index (χ0v) is 13.9. The van der Waals surface area contributed by atoms with Crippen molar-refractivity contribution in [3.63, 3.8) is 0 Å². The van der Waals surface area contributed by atoms with Gasteiger partial charge in [0.25, 0.3) is 0 Å². The minimum Gasteiger partial charge on any atom is -0.496 e. The zero-order chi connectivity index (χ0) is 15.4. The van der Waals surface area contributed by atoms with Crippen molar-refractivity contribution in [2.75, 3.05) is 13.7 Å². The lowest BCUT2D eigenvalue weighted by atomic mass is 9.96. The predicted octanol–water partition coefficient (Wildman–Crippen LogP) is 5.01. The largest absolute Gasteiger partial charge is 0.496 e. The maximum absolute atomic E-state index is 6.20. The number of benzene rings is 2. The van der Waals surface area contributed by atoms with Gasteiger partial charge in [-0.25, -0.2) is 0 Å². The van der Waals surface area contributed by atoms with Crippen LogP contribution in [0.5, 0.6) is 5.75 Å². The van der Waals surface area contributed by atoms with Crippen molar-refractivity contribution < 1.29 is 4.74 Å². The maximum atomic E-state index is 6.20. The number of halogens is 2. The number of methoxy groups -OCH3 is 1. The van der Waals surface area contributed by atoms with E-state index < -0.39 is 0 Å². The fourth-order valence-electron chi connectivity index (χ4n) is 2.47. The Balaban J connectivity index is 2.55. The molecule has 112 valence electrons. The highest BCUT2D eigenvalue weighted by Crippen LogP contribution is 2.33. The Morgan fingerprint density at radius 3 is 2.48 bits per heavy atom. The van der Waals surface area contributed by atoms with Gasteiger partial charge in [-0.05, 0) is 54.9 Å². The summed E-state index contributed by atoms with van der Waals surface area (Å²) >= 11 is 12.4. The summed E-state index contributed by atoms with van der Waals surface area (Å²) in [6.45, 7) is 4.93. The third-order valence-corrected chi connectivity index (χ3v) is 3.76. The van der Waals surface area contributed by atoms with E-state index in [2.05, 4.69) is 18.3 Å². The third-order valence-electron chi connectivity index (χ3n) is 3.31. The summed E-state index contributed by atoms with van der Waals surface area (Å²) in [7, 11) is 1.67. The topological polar surface area (TPSA) is 21.3 Å². The standard InChI is InChI=1S/C17H19Cl2NO/c1-4-20-17(12-7-11(2)8-14(19)9-12)15-10-13(18)5-6-16(15)21-3/h5-10,17,20H,4H2,1-3H3. The smallest absolute Gasteiger partial charge is 0.124 e. The molecule has 4 heteroatoms. The van der Waals surface area contributed by atoms with E-state index in [0.717, 1.165) is 34.0 Å². The Morgan fingerprint density at radius 1 is 1.10 bits per heavy atom. The van der Waals surface area contributed by atoms with Crippen LogP contribution in [-0.2, 0) is 0 Å². The van der Waals surface area contributed by atoms with E-state index in [-0.39, 0.29) is 6.04 Å². The molecule has 1 N–H and O–H groups in total. The molecule has 0 aliphatic heterocycles. The van der Waals surface area contributed by atoms with Crippen molar-refractivity contribution in [3.8, 4) is 5.75 Å². The molecule has 0 aliphatic carbocycles. The van der Waals surface area contributed by atoms with Gasteiger partial charge in [0.1, 0.15) is 5.75 Å². The van der Waals surface area contributed by atoms with E-state index in [9.17, 15) is 0 Å². The monoisotopic (exact) mass is 323 g/mol. The van der Waals surface area contributed by atoms with Gasteiger partial charge in [-0.15, -0.1) is 0 Å². The van der Waals surface area contributed by atoms with Crippen LogP contribution in [0.25, 0.3) is 0 Å². The first kappa shape index (κ1) is 16.2. The SMILES string of the molecule is CCNC(c1cc(C)cc(Cl)c1)c1cc(Cl)ccc1OC. The van der Waals surface area contributed by atoms with Crippen LogP contribution in [0.2, 0.25) is 10.0 Å². The van der Waals surface area contributed by atoms with E-state index in [1.807, 2.05) is 37.3 Å². The second-order valence-corrected chi connectivity index (χ2v) is 5.81. The van der Waals surface area contributed by atoms with Gasteiger partial charge in [-0.1, -0.05) is 36.2 Å². The number of ether oxygens (including phenoxy) is 1. The summed E-state index contributed by atoms with van der Waals surface area (Å²) in [5.41, 5.74) is 3.23. The van der Waals surface area contributed by atoms with Crippen LogP contribution in [0.1, 0.15) is 29.7 Å². The van der Waals surface area contributed by atoms with E-state index in [1.165, 1.54) is 0 Å². The Hall–Kier alpha value is -1.22. The highest BCUT2D eigenvalue weighted by atomic mass is 35.5. The first-order chi connectivity index (χ1) is 10.0. The van der Waals surface area contributed by atoms with Crippen LogP contribution in [0.15, 0.2) is 36.4 Å². The molecule has 0 saturated heterocycles. The number of rotatable bonds is 5. The lowest BCUT2D eigenvalue weighted by molar-refractivity contribution is 0.404. The summed E-state index contributed by atoms with van der Waals surface area (Å²) in [6.07, 6.45) is 0. The van der Waals surface area contributed by atoms with Gasteiger partial charge in [0.15, 0.2) is 0 Å². The summed E-state index contributed by atoms with van der Waals surface area (Å²) in [4.78, 5) is 0. The van der Waals surface area contributed by atoms with E-state index in [4.69, 9.17) is 27.9 Å². The molecule has 0 spiro atoms. The molecule has 0 heterocycles. The maximum Gasteiger partial charge on any atom is 0.124 e. The molecule has 0 saturated carbocycles. The van der Waals surface area contributed by atoms with Crippen molar-refractivity contribution >= 4 is 23.2 Å². The zero-order valence-electron chi connectivity index (χ0n) is 12.4. The second kappa shape index (κ2) is 7.17. The Labute approximate surface area is 136 Å². The number of hydrogen-bond donors (Lipinski definition) is 1. The average molecular weight is 324 g/mol. The van der Waals surface area contributed by atoms with Crippen molar-refractivity contribution in [1.82, 2.24) is 5.32 Å². The molecule has 2 nitrogen and oxygen atoms in total. The van der Waals surface area contributed by atoms with E-state index in [1.54, 1.807) is 7.11 Å². The van der Waals surface area contributed by atoms with Crippen LogP contribution in [0, 0.1) is 6.92 Å². The van der Waals surface area contributed by atoms with Crippen molar-refractivity contribution in [1.29, 1.82) is 0 Å². The van der Waals surface area contributed by atoms with Gasteiger partial charge in [0.05, 0.1) is 13.2 Å². The lowest BCUT2D eigenvalue weighted by Crippen LogP contribution is -2.22. The quantitative estimate of drug-likeness (QED) is 0.835. The number of nitrogens with one attached hydrogen (secondary N) is 1. The molecule has 0 amide bonds. The minimum absolute atomic E-state index is 0.0129. The minimum atomic E-state index is -0.0129. The molecule has 2 rings (SSSR count). The molecular weight excluding hydrogens is 305 g/mol. The third kappa shape index (κ3) is 3.91. The molecule has 0 aromatic heterocycles. The van der Waals surface area contributed by atoms with Gasteiger partial charge >= 0.3 is 0 Å². The summed E-state index contributed by atoms with van der Waals surface area (Å²) < 4.78 is 5.48. The van der Waals surface area contributed by atoms with Gasteiger partial charge in [0.2, 0.25) is 0 Å². The van der Waals surface area contributed by atoms with Crippen molar-refractivity contribution in [2.24, 2.45) is 0 Å². The lowest BCUT2D eigenvalue weighted by Gasteiger charge is -2.22. The molecule has 0 bridgehead atoms. The normalized spacial score (nSPS) is 12.2. The van der Waals surface area contributed by atoms with Crippen LogP contribution in [-0.4, -0.2) is 13.7 Å². The van der Waals surface area contributed by atoms with E-state index >= 15 is 0 Å². The molecule has 2 aromatic rings. The van der Waals surface area contributed by atoms with Crippen LogP contribution < -0.4 is 10.1 Å². The fourth-order valence-corrected chi connectivity index (χ4v) is 2.95. The molecule has 2 aromatic carbocycles. The highest BCUT2D eigenvalue weighted by Gasteiger charge is 2.18. The summed E-state index contributed by atoms with van der Waals surface area (Å²) in [6, 6.07) is 11.7. The van der Waals surface area contributed by atoms with Crippen LogP contribution in [0.3, 0.4) is 0 Å². The molecule has 21 heavy (non-hydrogen) atoms. The number of hydrogen-bond acceptors (Lipinski definition) is 2. The van der Waals surface area contributed by atoms with Gasteiger partial charge in [-0.3, -0.25) is 0 Å². The predicted molar refractivity (Wildman–Crippen MR) is 89.7 cm³/mol. The first-order valence-electron chi connectivity index (χ1n) is 6.89. The molecule has 1 unspecified atom stereocenters. The van der Waals surface area contributed by atoms with Crippen LogP contribution >= 0.6 is 23.2 Å². The number of aryl methyl sites for hydroxylation is 1. The highest BCUT2D eigenvalue weighted by molar-refractivity contribution is 6.31. The molecule has 0 radical (unpaired) electrons. The fraction of sp³-hybridized carbons (Fsp3) is 0.294. The summed E-state index contributed by atoms with van der Waals surface area (Å²) in [5.74, 6) is 0.808. The average Bonchev–Trinajstić information content (AvgIpc) is 2.43. The van der Waals surface area contributed by atoms with Crippen molar-refractivity contribution in [3.05, 3.63) is 63.1 Å². The Kier molecular flexibility index (Phi) is 5.51. The van der Waals surface area contributed by atoms with Gasteiger partial charge < -0.3 is 10.1 Å². The van der Waals surface area contributed by atoms with Crippen LogP contribution in [0.4, 0.5) is 0 Å².